The molecule has 0 saturated carbocycles. The van der Waals surface area contributed by atoms with Gasteiger partial charge < -0.3 is 5.32 Å². The number of benzene rings is 1. The van der Waals surface area contributed by atoms with Crippen molar-refractivity contribution in [1.82, 2.24) is 15.1 Å². The van der Waals surface area contributed by atoms with Crippen molar-refractivity contribution in [2.45, 2.75) is 46.3 Å². The van der Waals surface area contributed by atoms with Crippen molar-refractivity contribution in [1.29, 1.82) is 0 Å². The summed E-state index contributed by atoms with van der Waals surface area (Å²) in [7, 11) is 0. The first-order valence-corrected chi connectivity index (χ1v) is 7.35. The predicted octanol–water partition coefficient (Wildman–Crippen LogP) is 3.92. The van der Waals surface area contributed by atoms with Crippen molar-refractivity contribution in [2.75, 3.05) is 0 Å². The zero-order chi connectivity index (χ0) is 15.6. The van der Waals surface area contributed by atoms with Gasteiger partial charge in [-0.25, -0.2) is 4.39 Å². The SMILES string of the molecule is Cc1c(CNC(C)(C)C)cnn1Cc1cccc(Cl)c1F. The van der Waals surface area contributed by atoms with E-state index in [-0.39, 0.29) is 16.4 Å². The minimum absolute atomic E-state index is 0.0492. The third-order valence-corrected chi connectivity index (χ3v) is 3.66. The largest absolute Gasteiger partial charge is 0.308 e. The van der Waals surface area contributed by atoms with Crippen LogP contribution in [0.2, 0.25) is 5.02 Å². The summed E-state index contributed by atoms with van der Waals surface area (Å²) in [6, 6.07) is 5.03. The molecule has 0 aliphatic carbocycles. The van der Waals surface area contributed by atoms with Crippen LogP contribution in [0.3, 0.4) is 0 Å². The monoisotopic (exact) mass is 309 g/mol. The molecule has 2 aromatic rings. The second-order valence-corrected chi connectivity index (χ2v) is 6.64. The average Bonchev–Trinajstić information content (AvgIpc) is 2.73. The first kappa shape index (κ1) is 16.0. The maximum atomic E-state index is 13.9. The van der Waals surface area contributed by atoms with Gasteiger partial charge in [-0.1, -0.05) is 23.7 Å². The van der Waals surface area contributed by atoms with Crippen LogP contribution in [-0.2, 0) is 13.1 Å². The summed E-state index contributed by atoms with van der Waals surface area (Å²) < 4.78 is 15.7. The second kappa shape index (κ2) is 6.16. The van der Waals surface area contributed by atoms with Gasteiger partial charge in [-0.05, 0) is 33.8 Å². The van der Waals surface area contributed by atoms with Crippen LogP contribution in [0.15, 0.2) is 24.4 Å². The average molecular weight is 310 g/mol. The molecule has 1 heterocycles. The molecular formula is C16H21ClFN3. The Morgan fingerprint density at radius 2 is 2.00 bits per heavy atom. The lowest BCUT2D eigenvalue weighted by Gasteiger charge is -2.20. The predicted molar refractivity (Wildman–Crippen MR) is 84.1 cm³/mol. The van der Waals surface area contributed by atoms with Gasteiger partial charge in [0.05, 0.1) is 17.8 Å². The molecule has 1 aromatic heterocycles. The molecule has 0 radical (unpaired) electrons. The smallest absolute Gasteiger partial charge is 0.146 e. The fourth-order valence-electron chi connectivity index (χ4n) is 2.01. The van der Waals surface area contributed by atoms with Crippen LogP contribution in [-0.4, -0.2) is 15.3 Å². The van der Waals surface area contributed by atoms with E-state index >= 15 is 0 Å². The molecule has 0 aliphatic rings. The molecule has 0 unspecified atom stereocenters. The van der Waals surface area contributed by atoms with E-state index in [4.69, 9.17) is 11.6 Å². The Hall–Kier alpha value is -1.39. The topological polar surface area (TPSA) is 29.9 Å². The summed E-state index contributed by atoms with van der Waals surface area (Å²) in [6.07, 6.45) is 1.83. The third kappa shape index (κ3) is 4.05. The van der Waals surface area contributed by atoms with E-state index in [0.717, 1.165) is 17.8 Å². The molecule has 0 saturated heterocycles. The van der Waals surface area contributed by atoms with E-state index < -0.39 is 0 Å². The molecule has 0 amide bonds. The van der Waals surface area contributed by atoms with Gasteiger partial charge in [-0.15, -0.1) is 0 Å². The van der Waals surface area contributed by atoms with Crippen molar-refractivity contribution in [2.24, 2.45) is 0 Å². The summed E-state index contributed by atoms with van der Waals surface area (Å²) in [4.78, 5) is 0. The zero-order valence-electron chi connectivity index (χ0n) is 12.9. The Kier molecular flexibility index (Phi) is 4.69. The number of aromatic nitrogens is 2. The van der Waals surface area contributed by atoms with Gasteiger partial charge in [0.2, 0.25) is 0 Å². The van der Waals surface area contributed by atoms with Gasteiger partial charge in [0, 0.05) is 28.9 Å². The first-order valence-electron chi connectivity index (χ1n) is 6.97. The summed E-state index contributed by atoms with van der Waals surface area (Å²) in [5.41, 5.74) is 2.75. The fraction of sp³-hybridized carbons (Fsp3) is 0.438. The van der Waals surface area contributed by atoms with E-state index in [1.807, 2.05) is 13.1 Å². The zero-order valence-corrected chi connectivity index (χ0v) is 13.6. The Morgan fingerprint density at radius 1 is 1.29 bits per heavy atom. The molecule has 0 fully saturated rings. The third-order valence-electron chi connectivity index (χ3n) is 3.37. The summed E-state index contributed by atoms with van der Waals surface area (Å²) in [5.74, 6) is -0.372. The van der Waals surface area contributed by atoms with Crippen LogP contribution >= 0.6 is 11.6 Å². The fourth-order valence-corrected chi connectivity index (χ4v) is 2.20. The molecule has 3 nitrogen and oxygen atoms in total. The molecule has 0 atom stereocenters. The minimum atomic E-state index is -0.372. The highest BCUT2D eigenvalue weighted by atomic mass is 35.5. The van der Waals surface area contributed by atoms with Crippen LogP contribution < -0.4 is 5.32 Å². The number of halogens is 2. The second-order valence-electron chi connectivity index (χ2n) is 6.23. The van der Waals surface area contributed by atoms with Crippen molar-refractivity contribution in [3.05, 3.63) is 52.1 Å². The van der Waals surface area contributed by atoms with Gasteiger partial charge in [0.1, 0.15) is 5.82 Å². The Labute approximate surface area is 130 Å². The van der Waals surface area contributed by atoms with Gasteiger partial charge in [0.15, 0.2) is 0 Å². The normalized spacial score (nSPS) is 11.9. The summed E-state index contributed by atoms with van der Waals surface area (Å²) in [5, 5.41) is 7.92. The maximum Gasteiger partial charge on any atom is 0.146 e. The molecule has 0 bridgehead atoms. The molecule has 1 aromatic carbocycles. The molecule has 0 aliphatic heterocycles. The Balaban J connectivity index is 2.15. The van der Waals surface area contributed by atoms with E-state index in [1.165, 1.54) is 0 Å². The van der Waals surface area contributed by atoms with Gasteiger partial charge >= 0.3 is 0 Å². The van der Waals surface area contributed by atoms with Gasteiger partial charge in [-0.3, -0.25) is 4.68 Å². The van der Waals surface area contributed by atoms with Crippen LogP contribution in [0.4, 0.5) is 4.39 Å². The van der Waals surface area contributed by atoms with Crippen LogP contribution in [0.1, 0.15) is 37.6 Å². The van der Waals surface area contributed by atoms with Crippen molar-refractivity contribution >= 4 is 11.6 Å². The molecule has 0 spiro atoms. The van der Waals surface area contributed by atoms with Gasteiger partial charge in [-0.2, -0.15) is 5.10 Å². The van der Waals surface area contributed by atoms with Crippen LogP contribution in [0.25, 0.3) is 0 Å². The highest BCUT2D eigenvalue weighted by molar-refractivity contribution is 6.30. The number of nitrogens with zero attached hydrogens (tertiary/aromatic N) is 2. The van der Waals surface area contributed by atoms with E-state index in [9.17, 15) is 4.39 Å². The number of hydrogen-bond acceptors (Lipinski definition) is 2. The van der Waals surface area contributed by atoms with Crippen molar-refractivity contribution in [3.63, 3.8) is 0 Å². The van der Waals surface area contributed by atoms with E-state index in [0.29, 0.717) is 12.1 Å². The van der Waals surface area contributed by atoms with Crippen molar-refractivity contribution in [3.8, 4) is 0 Å². The molecule has 5 heteroatoms. The number of nitrogens with one attached hydrogen (secondary N) is 1. The van der Waals surface area contributed by atoms with E-state index in [1.54, 1.807) is 22.9 Å². The minimum Gasteiger partial charge on any atom is -0.308 e. The molecule has 21 heavy (non-hydrogen) atoms. The highest BCUT2D eigenvalue weighted by Gasteiger charge is 2.13. The summed E-state index contributed by atoms with van der Waals surface area (Å²) >= 11 is 5.81. The molecule has 2 rings (SSSR count). The number of hydrogen-bond donors (Lipinski definition) is 1. The standard InChI is InChI=1S/C16H21ClFN3/c1-11-13(8-19-16(2,3)4)9-20-21(11)10-12-6-5-7-14(17)15(12)18/h5-7,9,19H,8,10H2,1-4H3. The molecular weight excluding hydrogens is 289 g/mol. The lowest BCUT2D eigenvalue weighted by atomic mass is 10.1. The van der Waals surface area contributed by atoms with Crippen LogP contribution in [0.5, 0.6) is 0 Å². The van der Waals surface area contributed by atoms with E-state index in [2.05, 4.69) is 31.2 Å². The molecule has 1 N–H and O–H groups in total. The van der Waals surface area contributed by atoms with Gasteiger partial charge in [0.25, 0.3) is 0 Å². The first-order chi connectivity index (χ1) is 9.78. The maximum absolute atomic E-state index is 13.9. The lowest BCUT2D eigenvalue weighted by molar-refractivity contribution is 0.423. The number of rotatable bonds is 4. The quantitative estimate of drug-likeness (QED) is 0.927. The Morgan fingerprint density at radius 3 is 2.67 bits per heavy atom. The Bertz CT molecular complexity index is 629. The van der Waals surface area contributed by atoms with Crippen molar-refractivity contribution < 1.29 is 4.39 Å². The molecule has 114 valence electrons. The lowest BCUT2D eigenvalue weighted by Crippen LogP contribution is -2.35. The highest BCUT2D eigenvalue weighted by Crippen LogP contribution is 2.19. The van der Waals surface area contributed by atoms with Crippen LogP contribution in [0, 0.1) is 12.7 Å². The summed E-state index contributed by atoms with van der Waals surface area (Å²) in [6.45, 7) is 9.48.